The molecule has 6 nitrogen and oxygen atoms in total. The van der Waals surface area contributed by atoms with Gasteiger partial charge in [-0.3, -0.25) is 14.4 Å². The number of nitrogens with one attached hydrogen (secondary N) is 3. The van der Waals surface area contributed by atoms with Crippen molar-refractivity contribution in [2.45, 2.75) is 46.5 Å². The number of hydrogen-bond donors (Lipinski definition) is 3. The molecule has 2 aromatic rings. The van der Waals surface area contributed by atoms with Gasteiger partial charge in [-0.1, -0.05) is 56.7 Å². The van der Waals surface area contributed by atoms with Crippen molar-refractivity contribution in [2.75, 3.05) is 17.2 Å². The maximum atomic E-state index is 12.4. The molecule has 6 heteroatoms. The molecule has 0 aliphatic carbocycles. The summed E-state index contributed by atoms with van der Waals surface area (Å²) in [5.41, 5.74) is 3.76. The van der Waals surface area contributed by atoms with Crippen molar-refractivity contribution >= 4 is 29.1 Å². The number of amides is 3. The molecule has 0 atom stereocenters. The zero-order chi connectivity index (χ0) is 21.6. The van der Waals surface area contributed by atoms with Crippen LogP contribution in [0.5, 0.6) is 0 Å². The second kappa shape index (κ2) is 9.37. The first-order valence-corrected chi connectivity index (χ1v) is 9.69. The zero-order valence-corrected chi connectivity index (χ0v) is 17.7. The van der Waals surface area contributed by atoms with Gasteiger partial charge in [0.2, 0.25) is 5.91 Å². The molecular formula is C23H29N3O3. The Hall–Kier alpha value is -3.15. The van der Waals surface area contributed by atoms with Gasteiger partial charge in [0.25, 0.3) is 0 Å². The van der Waals surface area contributed by atoms with E-state index in [0.29, 0.717) is 24.3 Å². The van der Waals surface area contributed by atoms with Crippen molar-refractivity contribution < 1.29 is 14.4 Å². The van der Waals surface area contributed by atoms with Crippen LogP contribution >= 0.6 is 0 Å². The Morgan fingerprint density at radius 2 is 1.66 bits per heavy atom. The summed E-state index contributed by atoms with van der Waals surface area (Å²) in [6, 6.07) is 13.3. The van der Waals surface area contributed by atoms with Gasteiger partial charge in [-0.05, 0) is 37.1 Å². The van der Waals surface area contributed by atoms with Crippen LogP contribution in [0.2, 0.25) is 0 Å². The lowest BCUT2D eigenvalue weighted by Crippen LogP contribution is -2.42. The third-order valence-corrected chi connectivity index (χ3v) is 4.79. The predicted molar refractivity (Wildman–Crippen MR) is 116 cm³/mol. The highest BCUT2D eigenvalue weighted by Gasteiger charge is 2.23. The van der Waals surface area contributed by atoms with E-state index in [1.807, 2.05) is 45.9 Å². The molecule has 0 heterocycles. The van der Waals surface area contributed by atoms with Crippen molar-refractivity contribution in [3.05, 3.63) is 59.2 Å². The first-order chi connectivity index (χ1) is 13.6. The first kappa shape index (κ1) is 22.1. The van der Waals surface area contributed by atoms with E-state index in [0.717, 1.165) is 16.7 Å². The Kier molecular flexibility index (Phi) is 7.15. The van der Waals surface area contributed by atoms with Crippen LogP contribution < -0.4 is 16.0 Å². The Bertz CT molecular complexity index is 919. The minimum Gasteiger partial charge on any atom is -0.347 e. The highest BCUT2D eigenvalue weighted by atomic mass is 16.2. The minimum absolute atomic E-state index is 0.123. The third kappa shape index (κ3) is 6.17. The van der Waals surface area contributed by atoms with Gasteiger partial charge in [-0.2, -0.15) is 0 Å². The average molecular weight is 396 g/mol. The van der Waals surface area contributed by atoms with Crippen LogP contribution in [0.25, 0.3) is 0 Å². The lowest BCUT2D eigenvalue weighted by molar-refractivity contribution is -0.136. The van der Waals surface area contributed by atoms with E-state index >= 15 is 0 Å². The lowest BCUT2D eigenvalue weighted by atomic mass is 9.84. The number of carbonyl (C=O) groups excluding carboxylic acids is 3. The Labute approximate surface area is 172 Å². The molecule has 0 spiro atoms. The van der Waals surface area contributed by atoms with Crippen LogP contribution in [0.3, 0.4) is 0 Å². The molecule has 29 heavy (non-hydrogen) atoms. The quantitative estimate of drug-likeness (QED) is 0.652. The molecule has 0 aliphatic rings. The molecular weight excluding hydrogens is 366 g/mol. The van der Waals surface area contributed by atoms with Gasteiger partial charge in [0.05, 0.1) is 0 Å². The molecule has 2 rings (SSSR count). The van der Waals surface area contributed by atoms with Crippen LogP contribution in [0.4, 0.5) is 11.4 Å². The highest BCUT2D eigenvalue weighted by molar-refractivity contribution is 6.39. The van der Waals surface area contributed by atoms with E-state index in [4.69, 9.17) is 0 Å². The van der Waals surface area contributed by atoms with Gasteiger partial charge in [-0.25, -0.2) is 0 Å². The summed E-state index contributed by atoms with van der Waals surface area (Å²) in [7, 11) is 0. The van der Waals surface area contributed by atoms with Gasteiger partial charge < -0.3 is 16.0 Å². The van der Waals surface area contributed by atoms with Crippen LogP contribution in [0, 0.1) is 13.8 Å². The van der Waals surface area contributed by atoms with E-state index in [2.05, 4.69) is 22.0 Å². The number of carbonyl (C=O) groups is 3. The fourth-order valence-electron chi connectivity index (χ4n) is 2.81. The number of anilines is 2. The number of aryl methyl sites for hydroxylation is 2. The third-order valence-electron chi connectivity index (χ3n) is 4.79. The van der Waals surface area contributed by atoms with Crippen molar-refractivity contribution in [3.8, 4) is 0 Å². The molecule has 0 aliphatic heterocycles. The number of benzene rings is 2. The Balaban J connectivity index is 2.01. The fraction of sp³-hybridized carbons (Fsp3) is 0.348. The van der Waals surface area contributed by atoms with Crippen molar-refractivity contribution in [1.82, 2.24) is 5.32 Å². The number of hydrogen-bond acceptors (Lipinski definition) is 3. The van der Waals surface area contributed by atoms with Gasteiger partial charge in [0, 0.05) is 29.8 Å². The standard InChI is InChI=1S/C23H29N3O3/c1-6-20(27)25-18-11-10-16(3)19(13-18)26-22(29)21(28)24-14-23(4,5)17-9-7-8-15(2)12-17/h7-13H,6,14H2,1-5H3,(H,24,28)(H,25,27)(H,26,29). The van der Waals surface area contributed by atoms with Gasteiger partial charge >= 0.3 is 11.8 Å². The normalized spacial score (nSPS) is 10.9. The molecule has 0 unspecified atom stereocenters. The molecule has 0 fully saturated rings. The largest absolute Gasteiger partial charge is 0.347 e. The van der Waals surface area contributed by atoms with E-state index in [-0.39, 0.29) is 11.3 Å². The molecule has 154 valence electrons. The summed E-state index contributed by atoms with van der Waals surface area (Å²) < 4.78 is 0. The first-order valence-electron chi connectivity index (χ1n) is 9.69. The molecule has 3 amide bonds. The smallest absolute Gasteiger partial charge is 0.313 e. The molecule has 0 saturated carbocycles. The van der Waals surface area contributed by atoms with E-state index in [9.17, 15) is 14.4 Å². The minimum atomic E-state index is -0.743. The predicted octanol–water partition coefficient (Wildman–Crippen LogP) is 3.68. The molecule has 0 radical (unpaired) electrons. The fourth-order valence-corrected chi connectivity index (χ4v) is 2.81. The zero-order valence-electron chi connectivity index (χ0n) is 17.7. The van der Waals surface area contributed by atoms with Crippen LogP contribution in [-0.2, 0) is 19.8 Å². The van der Waals surface area contributed by atoms with Crippen molar-refractivity contribution in [1.29, 1.82) is 0 Å². The van der Waals surface area contributed by atoms with E-state index < -0.39 is 11.8 Å². The average Bonchev–Trinajstić information content (AvgIpc) is 2.68. The molecule has 0 bridgehead atoms. The summed E-state index contributed by atoms with van der Waals surface area (Å²) in [6.45, 7) is 9.96. The summed E-state index contributed by atoms with van der Waals surface area (Å²) >= 11 is 0. The second-order valence-electron chi connectivity index (χ2n) is 7.82. The summed E-state index contributed by atoms with van der Waals surface area (Å²) in [4.78, 5) is 36.2. The molecule has 0 aromatic heterocycles. The van der Waals surface area contributed by atoms with Crippen molar-refractivity contribution in [2.24, 2.45) is 0 Å². The highest BCUT2D eigenvalue weighted by Crippen LogP contribution is 2.23. The van der Waals surface area contributed by atoms with Gasteiger partial charge in [-0.15, -0.1) is 0 Å². The summed E-state index contributed by atoms with van der Waals surface area (Å²) in [6.07, 6.45) is 0.356. The lowest BCUT2D eigenvalue weighted by Gasteiger charge is -2.26. The van der Waals surface area contributed by atoms with E-state index in [1.54, 1.807) is 25.1 Å². The monoisotopic (exact) mass is 395 g/mol. The molecule has 0 saturated heterocycles. The topological polar surface area (TPSA) is 87.3 Å². The van der Waals surface area contributed by atoms with Crippen LogP contribution in [0.1, 0.15) is 43.9 Å². The van der Waals surface area contributed by atoms with Gasteiger partial charge in [0.1, 0.15) is 0 Å². The maximum Gasteiger partial charge on any atom is 0.313 e. The Morgan fingerprint density at radius 1 is 0.931 bits per heavy atom. The number of rotatable bonds is 6. The van der Waals surface area contributed by atoms with E-state index in [1.165, 1.54) is 0 Å². The summed E-state index contributed by atoms with van der Waals surface area (Å²) in [5.74, 6) is -1.57. The maximum absolute atomic E-state index is 12.4. The van der Waals surface area contributed by atoms with Crippen LogP contribution in [-0.4, -0.2) is 24.3 Å². The van der Waals surface area contributed by atoms with Gasteiger partial charge in [0.15, 0.2) is 0 Å². The van der Waals surface area contributed by atoms with Crippen molar-refractivity contribution in [3.63, 3.8) is 0 Å². The second-order valence-corrected chi connectivity index (χ2v) is 7.82. The summed E-state index contributed by atoms with van der Waals surface area (Å²) in [5, 5.41) is 8.08. The van der Waals surface area contributed by atoms with Crippen LogP contribution in [0.15, 0.2) is 42.5 Å². The Morgan fingerprint density at radius 3 is 2.31 bits per heavy atom. The molecule has 3 N–H and O–H groups in total. The SMILES string of the molecule is CCC(=O)Nc1ccc(C)c(NC(=O)C(=O)NCC(C)(C)c2cccc(C)c2)c1. The molecule has 2 aromatic carbocycles.